The maximum Gasteiger partial charge on any atom is 0.312 e. The third kappa shape index (κ3) is 6.34. The Morgan fingerprint density at radius 1 is 0.933 bits per heavy atom. The van der Waals surface area contributed by atoms with E-state index in [1.807, 2.05) is 30.3 Å². The zero-order valence-electron chi connectivity index (χ0n) is 16.2. The number of rotatable bonds is 8. The Labute approximate surface area is 173 Å². The van der Waals surface area contributed by atoms with Gasteiger partial charge in [0.2, 0.25) is 5.91 Å². The highest BCUT2D eigenvalue weighted by Crippen LogP contribution is 2.26. The van der Waals surface area contributed by atoms with Crippen molar-refractivity contribution in [2.45, 2.75) is 19.0 Å². The third-order valence-corrected chi connectivity index (χ3v) is 4.35. The topological polar surface area (TPSA) is 93.5 Å². The van der Waals surface area contributed by atoms with Gasteiger partial charge in [-0.3, -0.25) is 4.79 Å². The number of benzene rings is 3. The highest BCUT2D eigenvalue weighted by molar-refractivity contribution is 5.78. The zero-order valence-corrected chi connectivity index (χ0v) is 16.2. The number of nitrogens with two attached hydrogens (primary N) is 1. The molecule has 0 aliphatic rings. The highest BCUT2D eigenvalue weighted by atomic mass is 19.1. The summed E-state index contributed by atoms with van der Waals surface area (Å²) in [5.41, 5.74) is 6.74. The second kappa shape index (κ2) is 10.1. The van der Waals surface area contributed by atoms with Crippen molar-refractivity contribution < 1.29 is 18.7 Å². The van der Waals surface area contributed by atoms with E-state index in [0.717, 1.165) is 5.56 Å². The van der Waals surface area contributed by atoms with E-state index in [9.17, 15) is 14.0 Å². The van der Waals surface area contributed by atoms with Crippen molar-refractivity contribution in [2.24, 2.45) is 5.73 Å². The van der Waals surface area contributed by atoms with Gasteiger partial charge in [0.05, 0.1) is 12.5 Å². The molecular formula is C23H22FN3O3. The van der Waals surface area contributed by atoms with E-state index in [1.54, 1.807) is 36.4 Å². The van der Waals surface area contributed by atoms with E-state index in [2.05, 4.69) is 10.6 Å². The van der Waals surface area contributed by atoms with Gasteiger partial charge in [-0.25, -0.2) is 9.18 Å². The molecule has 3 rings (SSSR count). The standard InChI is InChI=1S/C23H22FN3O3/c24-18-11-9-16(10-12-18)15-26-22(28)14-21(27-23(25)29)17-5-4-8-20(13-17)30-19-6-2-1-3-7-19/h1-13,21H,14-15H2,(H,26,28)(H3,25,27,29). The number of primary amides is 1. The van der Waals surface area contributed by atoms with Gasteiger partial charge in [-0.05, 0) is 47.5 Å². The van der Waals surface area contributed by atoms with Crippen molar-refractivity contribution in [1.29, 1.82) is 0 Å². The van der Waals surface area contributed by atoms with Crippen LogP contribution in [0.5, 0.6) is 11.5 Å². The summed E-state index contributed by atoms with van der Waals surface area (Å²) in [6.45, 7) is 0.250. The fraction of sp³-hybridized carbons (Fsp3) is 0.130. The molecule has 0 aromatic heterocycles. The minimum Gasteiger partial charge on any atom is -0.457 e. The quantitative estimate of drug-likeness (QED) is 0.526. The van der Waals surface area contributed by atoms with Crippen LogP contribution in [-0.2, 0) is 11.3 Å². The lowest BCUT2D eigenvalue weighted by Crippen LogP contribution is -2.36. The molecule has 0 aliphatic heterocycles. The lowest BCUT2D eigenvalue weighted by atomic mass is 10.0. The average Bonchev–Trinajstić information content (AvgIpc) is 2.73. The van der Waals surface area contributed by atoms with Crippen LogP contribution in [-0.4, -0.2) is 11.9 Å². The monoisotopic (exact) mass is 407 g/mol. The van der Waals surface area contributed by atoms with Crippen LogP contribution in [0.25, 0.3) is 0 Å². The first-order chi connectivity index (χ1) is 14.5. The SMILES string of the molecule is NC(=O)NC(CC(=O)NCc1ccc(F)cc1)c1cccc(Oc2ccccc2)c1. The zero-order chi connectivity index (χ0) is 21.3. The van der Waals surface area contributed by atoms with Crippen LogP contribution >= 0.6 is 0 Å². The number of nitrogens with one attached hydrogen (secondary N) is 2. The van der Waals surface area contributed by atoms with Crippen molar-refractivity contribution in [3.05, 3.63) is 95.8 Å². The molecule has 0 saturated carbocycles. The summed E-state index contributed by atoms with van der Waals surface area (Å²) < 4.78 is 18.8. The molecule has 1 atom stereocenters. The van der Waals surface area contributed by atoms with E-state index < -0.39 is 12.1 Å². The summed E-state index contributed by atoms with van der Waals surface area (Å²) in [5, 5.41) is 5.36. The molecule has 3 aromatic carbocycles. The van der Waals surface area contributed by atoms with E-state index in [1.165, 1.54) is 12.1 Å². The molecule has 3 amide bonds. The number of urea groups is 1. The number of carbonyl (C=O) groups excluding carboxylic acids is 2. The van der Waals surface area contributed by atoms with Crippen molar-refractivity contribution >= 4 is 11.9 Å². The summed E-state index contributed by atoms with van der Waals surface area (Å²) in [4.78, 5) is 23.9. The molecule has 4 N–H and O–H groups in total. The summed E-state index contributed by atoms with van der Waals surface area (Å²) in [6, 6.07) is 20.9. The van der Waals surface area contributed by atoms with Crippen LogP contribution in [0.1, 0.15) is 23.6 Å². The predicted molar refractivity (Wildman–Crippen MR) is 111 cm³/mol. The molecule has 30 heavy (non-hydrogen) atoms. The minimum absolute atomic E-state index is 0.0150. The smallest absolute Gasteiger partial charge is 0.312 e. The molecule has 0 spiro atoms. The number of hydrogen-bond donors (Lipinski definition) is 3. The molecule has 0 bridgehead atoms. The summed E-state index contributed by atoms with van der Waals surface area (Å²) in [6.07, 6.45) is -0.0150. The Morgan fingerprint density at radius 2 is 1.63 bits per heavy atom. The first-order valence-electron chi connectivity index (χ1n) is 9.39. The maximum atomic E-state index is 13.0. The highest BCUT2D eigenvalue weighted by Gasteiger charge is 2.18. The van der Waals surface area contributed by atoms with Crippen molar-refractivity contribution in [2.75, 3.05) is 0 Å². The van der Waals surface area contributed by atoms with Gasteiger partial charge in [-0.1, -0.05) is 42.5 Å². The Kier molecular flexibility index (Phi) is 7.00. The molecule has 7 heteroatoms. The molecule has 1 unspecified atom stereocenters. The van der Waals surface area contributed by atoms with E-state index in [0.29, 0.717) is 17.1 Å². The van der Waals surface area contributed by atoms with Crippen molar-refractivity contribution in [3.8, 4) is 11.5 Å². The Morgan fingerprint density at radius 3 is 2.33 bits per heavy atom. The van der Waals surface area contributed by atoms with Crippen LogP contribution in [0, 0.1) is 5.82 Å². The van der Waals surface area contributed by atoms with Crippen molar-refractivity contribution in [1.82, 2.24) is 10.6 Å². The van der Waals surface area contributed by atoms with Gasteiger partial charge in [-0.15, -0.1) is 0 Å². The lowest BCUT2D eigenvalue weighted by Gasteiger charge is -2.19. The largest absolute Gasteiger partial charge is 0.457 e. The van der Waals surface area contributed by atoms with Gasteiger partial charge in [0.25, 0.3) is 0 Å². The number of carbonyl (C=O) groups is 2. The molecule has 0 saturated heterocycles. The van der Waals surface area contributed by atoms with Gasteiger partial charge < -0.3 is 21.1 Å². The van der Waals surface area contributed by atoms with Gasteiger partial charge in [0, 0.05) is 6.54 Å². The van der Waals surface area contributed by atoms with Crippen molar-refractivity contribution in [3.63, 3.8) is 0 Å². The fourth-order valence-corrected chi connectivity index (χ4v) is 2.90. The molecule has 0 radical (unpaired) electrons. The molecular weight excluding hydrogens is 385 g/mol. The Hall–Kier alpha value is -3.87. The number of hydrogen-bond acceptors (Lipinski definition) is 3. The normalized spacial score (nSPS) is 11.4. The molecule has 0 aliphatic carbocycles. The molecule has 154 valence electrons. The average molecular weight is 407 g/mol. The van der Waals surface area contributed by atoms with E-state index >= 15 is 0 Å². The molecule has 0 heterocycles. The van der Waals surface area contributed by atoms with Crippen LogP contribution in [0.15, 0.2) is 78.9 Å². The Balaban J connectivity index is 1.67. The Bertz CT molecular complexity index is 994. The van der Waals surface area contributed by atoms with E-state index in [-0.39, 0.29) is 24.7 Å². The lowest BCUT2D eigenvalue weighted by molar-refractivity contribution is -0.121. The van der Waals surface area contributed by atoms with Gasteiger partial charge in [-0.2, -0.15) is 0 Å². The van der Waals surface area contributed by atoms with Crippen LogP contribution in [0.3, 0.4) is 0 Å². The molecule has 6 nitrogen and oxygen atoms in total. The third-order valence-electron chi connectivity index (χ3n) is 4.35. The first kappa shape index (κ1) is 20.9. The second-order valence-corrected chi connectivity index (χ2v) is 6.66. The predicted octanol–water partition coefficient (Wildman–Crippen LogP) is 4.03. The number of amides is 3. The molecule has 0 fully saturated rings. The molecule has 3 aromatic rings. The number of halogens is 1. The van der Waals surface area contributed by atoms with Crippen LogP contribution in [0.4, 0.5) is 9.18 Å². The maximum absolute atomic E-state index is 13.0. The minimum atomic E-state index is -0.735. The fourth-order valence-electron chi connectivity index (χ4n) is 2.90. The van der Waals surface area contributed by atoms with Crippen LogP contribution in [0.2, 0.25) is 0 Å². The summed E-state index contributed by atoms with van der Waals surface area (Å²) >= 11 is 0. The summed E-state index contributed by atoms with van der Waals surface area (Å²) in [5.74, 6) is 0.619. The van der Waals surface area contributed by atoms with Gasteiger partial charge in [0.1, 0.15) is 17.3 Å². The first-order valence-corrected chi connectivity index (χ1v) is 9.39. The number of ether oxygens (including phenoxy) is 1. The second-order valence-electron chi connectivity index (χ2n) is 6.66. The van der Waals surface area contributed by atoms with E-state index in [4.69, 9.17) is 10.5 Å². The van der Waals surface area contributed by atoms with Crippen LogP contribution < -0.4 is 21.1 Å². The van der Waals surface area contributed by atoms with Gasteiger partial charge >= 0.3 is 6.03 Å². The summed E-state index contributed by atoms with van der Waals surface area (Å²) in [7, 11) is 0. The van der Waals surface area contributed by atoms with Gasteiger partial charge in [0.15, 0.2) is 0 Å². The number of para-hydroxylation sites is 1.